The molecule has 14 heavy (non-hydrogen) atoms. The van der Waals surface area contributed by atoms with Gasteiger partial charge in [0.1, 0.15) is 0 Å². The molecule has 0 spiro atoms. The molecule has 0 saturated heterocycles. The van der Waals surface area contributed by atoms with Gasteiger partial charge in [0.15, 0.2) is 0 Å². The van der Waals surface area contributed by atoms with Crippen LogP contribution in [-0.2, 0) is 4.79 Å². The maximum absolute atomic E-state index is 11.8. The highest BCUT2D eigenvalue weighted by atomic mass is 16.3. The molecule has 2 fully saturated rings. The maximum Gasteiger partial charge on any atom is 0.223 e. The molecule has 3 heteroatoms. The van der Waals surface area contributed by atoms with Crippen molar-refractivity contribution in [3.8, 4) is 0 Å². The first kappa shape index (κ1) is 9.97. The molecule has 0 atom stereocenters. The lowest BCUT2D eigenvalue weighted by molar-refractivity contribution is -0.128. The number of rotatable bonds is 3. The molecule has 2 saturated carbocycles. The second-order valence-electron chi connectivity index (χ2n) is 4.76. The number of nitrogens with one attached hydrogen (secondary N) is 1. The molecule has 80 valence electrons. The Morgan fingerprint density at radius 2 is 1.93 bits per heavy atom. The predicted molar refractivity (Wildman–Crippen MR) is 53.8 cm³/mol. The molecule has 2 rings (SSSR count). The highest BCUT2D eigenvalue weighted by molar-refractivity contribution is 5.79. The van der Waals surface area contributed by atoms with Gasteiger partial charge in [-0.3, -0.25) is 4.79 Å². The summed E-state index contributed by atoms with van der Waals surface area (Å²) in [5.74, 6) is 0.398. The molecule has 0 bridgehead atoms. The van der Waals surface area contributed by atoms with E-state index in [-0.39, 0.29) is 24.0 Å². The number of hydrogen-bond donors (Lipinski definition) is 2. The van der Waals surface area contributed by atoms with E-state index in [9.17, 15) is 9.90 Å². The van der Waals surface area contributed by atoms with Gasteiger partial charge in [0.2, 0.25) is 5.91 Å². The Balaban J connectivity index is 1.86. The Morgan fingerprint density at radius 3 is 2.36 bits per heavy atom. The summed E-state index contributed by atoms with van der Waals surface area (Å²) in [7, 11) is 0. The molecule has 3 nitrogen and oxygen atoms in total. The molecule has 0 aliphatic heterocycles. The molecule has 2 N–H and O–H groups in total. The van der Waals surface area contributed by atoms with Crippen molar-refractivity contribution in [3.63, 3.8) is 0 Å². The summed E-state index contributed by atoms with van der Waals surface area (Å²) in [6.45, 7) is 0.103. The van der Waals surface area contributed by atoms with Crippen LogP contribution < -0.4 is 5.32 Å². The average Bonchev–Trinajstić information content (AvgIpc) is 2.63. The third-order valence-corrected chi connectivity index (χ3v) is 3.73. The number of hydrogen-bond acceptors (Lipinski definition) is 2. The van der Waals surface area contributed by atoms with Gasteiger partial charge in [-0.1, -0.05) is 12.8 Å². The maximum atomic E-state index is 11.8. The predicted octanol–water partition coefficient (Wildman–Crippen LogP) is 1.21. The standard InChI is InChI=1S/C11H19NO2/c13-8-11(6-3-7-11)12-10(14)9-4-1-2-5-9/h9,13H,1-8H2,(H,12,14). The number of aliphatic hydroxyl groups excluding tert-OH is 1. The lowest BCUT2D eigenvalue weighted by Gasteiger charge is -2.41. The van der Waals surface area contributed by atoms with Gasteiger partial charge in [-0.2, -0.15) is 0 Å². The minimum Gasteiger partial charge on any atom is -0.394 e. The van der Waals surface area contributed by atoms with Crippen LogP contribution in [-0.4, -0.2) is 23.2 Å². The van der Waals surface area contributed by atoms with Crippen LogP contribution in [0.15, 0.2) is 0 Å². The first-order valence-electron chi connectivity index (χ1n) is 5.69. The van der Waals surface area contributed by atoms with E-state index in [1.807, 2.05) is 0 Å². The first-order valence-corrected chi connectivity index (χ1v) is 5.69. The van der Waals surface area contributed by atoms with Crippen molar-refractivity contribution in [2.24, 2.45) is 5.92 Å². The van der Waals surface area contributed by atoms with Crippen LogP contribution in [0.3, 0.4) is 0 Å². The van der Waals surface area contributed by atoms with Gasteiger partial charge >= 0.3 is 0 Å². The van der Waals surface area contributed by atoms with E-state index >= 15 is 0 Å². The van der Waals surface area contributed by atoms with Gasteiger partial charge in [-0.05, 0) is 32.1 Å². The summed E-state index contributed by atoms with van der Waals surface area (Å²) < 4.78 is 0. The average molecular weight is 197 g/mol. The molecular weight excluding hydrogens is 178 g/mol. The van der Waals surface area contributed by atoms with E-state index in [2.05, 4.69) is 5.32 Å². The molecular formula is C11H19NO2. The van der Waals surface area contributed by atoms with Crippen LogP contribution >= 0.6 is 0 Å². The topological polar surface area (TPSA) is 49.3 Å². The van der Waals surface area contributed by atoms with Gasteiger partial charge in [0, 0.05) is 5.92 Å². The zero-order valence-corrected chi connectivity index (χ0v) is 8.59. The Morgan fingerprint density at radius 1 is 1.29 bits per heavy atom. The van der Waals surface area contributed by atoms with Crippen LogP contribution in [0.4, 0.5) is 0 Å². The highest BCUT2D eigenvalue weighted by Crippen LogP contribution is 2.33. The second-order valence-corrected chi connectivity index (χ2v) is 4.76. The van der Waals surface area contributed by atoms with E-state index in [0.29, 0.717) is 0 Å². The van der Waals surface area contributed by atoms with Crippen LogP contribution in [0.1, 0.15) is 44.9 Å². The van der Waals surface area contributed by atoms with Gasteiger partial charge in [-0.25, -0.2) is 0 Å². The lowest BCUT2D eigenvalue weighted by atomic mass is 9.77. The van der Waals surface area contributed by atoms with E-state index < -0.39 is 0 Å². The van der Waals surface area contributed by atoms with Crippen molar-refractivity contribution >= 4 is 5.91 Å². The van der Waals surface area contributed by atoms with Gasteiger partial charge in [0.05, 0.1) is 12.1 Å². The summed E-state index contributed by atoms with van der Waals surface area (Å²) in [6, 6.07) is 0. The summed E-state index contributed by atoms with van der Waals surface area (Å²) in [4.78, 5) is 11.8. The number of carbonyl (C=O) groups is 1. The Kier molecular flexibility index (Phi) is 2.77. The Bertz CT molecular complexity index is 212. The normalized spacial score (nSPS) is 25.8. The van der Waals surface area contributed by atoms with E-state index in [0.717, 1.165) is 32.1 Å². The Labute approximate surface area is 84.9 Å². The van der Waals surface area contributed by atoms with Crippen molar-refractivity contribution in [3.05, 3.63) is 0 Å². The van der Waals surface area contributed by atoms with Crippen LogP contribution in [0.5, 0.6) is 0 Å². The molecule has 0 aromatic heterocycles. The smallest absolute Gasteiger partial charge is 0.223 e. The number of amides is 1. The molecule has 0 aromatic carbocycles. The molecule has 2 aliphatic rings. The minimum absolute atomic E-state index is 0.103. The third-order valence-electron chi connectivity index (χ3n) is 3.73. The molecule has 0 heterocycles. The van der Waals surface area contributed by atoms with Gasteiger partial charge in [0.25, 0.3) is 0 Å². The fraction of sp³-hybridized carbons (Fsp3) is 0.909. The lowest BCUT2D eigenvalue weighted by Crippen LogP contribution is -2.57. The van der Waals surface area contributed by atoms with Gasteiger partial charge in [-0.15, -0.1) is 0 Å². The second kappa shape index (κ2) is 3.89. The molecule has 0 unspecified atom stereocenters. The number of carbonyl (C=O) groups excluding carboxylic acids is 1. The van der Waals surface area contributed by atoms with Crippen LogP contribution in [0.2, 0.25) is 0 Å². The molecule has 1 amide bonds. The van der Waals surface area contributed by atoms with Crippen molar-refractivity contribution in [2.75, 3.05) is 6.61 Å². The highest BCUT2D eigenvalue weighted by Gasteiger charge is 2.39. The number of aliphatic hydroxyl groups is 1. The third kappa shape index (κ3) is 1.78. The Hall–Kier alpha value is -0.570. The molecule has 0 aromatic rings. The zero-order valence-electron chi connectivity index (χ0n) is 8.59. The summed E-state index contributed by atoms with van der Waals surface area (Å²) in [5.41, 5.74) is -0.250. The van der Waals surface area contributed by atoms with E-state index in [1.165, 1.54) is 12.8 Å². The molecule has 0 radical (unpaired) electrons. The zero-order chi connectivity index (χ0) is 10.0. The monoisotopic (exact) mass is 197 g/mol. The summed E-state index contributed by atoms with van der Waals surface area (Å²) in [5, 5.41) is 12.2. The fourth-order valence-electron chi connectivity index (χ4n) is 2.48. The van der Waals surface area contributed by atoms with Crippen molar-refractivity contribution in [1.29, 1.82) is 0 Å². The minimum atomic E-state index is -0.250. The molecule has 2 aliphatic carbocycles. The van der Waals surface area contributed by atoms with Crippen molar-refractivity contribution < 1.29 is 9.90 Å². The van der Waals surface area contributed by atoms with Crippen LogP contribution in [0, 0.1) is 5.92 Å². The van der Waals surface area contributed by atoms with Gasteiger partial charge < -0.3 is 10.4 Å². The van der Waals surface area contributed by atoms with Crippen molar-refractivity contribution in [2.45, 2.75) is 50.5 Å². The quantitative estimate of drug-likeness (QED) is 0.714. The van der Waals surface area contributed by atoms with E-state index in [4.69, 9.17) is 0 Å². The summed E-state index contributed by atoms with van der Waals surface area (Å²) >= 11 is 0. The summed E-state index contributed by atoms with van der Waals surface area (Å²) in [6.07, 6.45) is 7.46. The first-order chi connectivity index (χ1) is 6.76. The SMILES string of the molecule is O=C(NC1(CO)CCC1)C1CCCC1. The largest absolute Gasteiger partial charge is 0.394 e. The van der Waals surface area contributed by atoms with E-state index in [1.54, 1.807) is 0 Å². The fourth-order valence-corrected chi connectivity index (χ4v) is 2.48. The van der Waals surface area contributed by atoms with Crippen LogP contribution in [0.25, 0.3) is 0 Å². The van der Waals surface area contributed by atoms with Crippen molar-refractivity contribution in [1.82, 2.24) is 5.32 Å².